The van der Waals surface area contributed by atoms with E-state index in [-0.39, 0.29) is 10.8 Å². The summed E-state index contributed by atoms with van der Waals surface area (Å²) < 4.78 is 27.7. The average molecular weight is 390 g/mol. The minimum Gasteiger partial charge on any atom is -0.335 e. The van der Waals surface area contributed by atoms with Crippen molar-refractivity contribution in [2.45, 2.75) is 11.8 Å². The minimum absolute atomic E-state index is 0.116. The van der Waals surface area contributed by atoms with E-state index in [1.54, 1.807) is 12.1 Å². The van der Waals surface area contributed by atoms with Crippen LogP contribution in [-0.4, -0.2) is 52.6 Å². The lowest BCUT2D eigenvalue weighted by Gasteiger charge is -2.30. The molecule has 2 aromatic carbocycles. The van der Waals surface area contributed by atoms with E-state index in [0.717, 1.165) is 31.7 Å². The molecule has 0 unspecified atom stereocenters. The Labute approximate surface area is 160 Å². The fourth-order valence-electron chi connectivity index (χ4n) is 2.88. The first kappa shape index (κ1) is 19.3. The molecule has 0 bridgehead atoms. The van der Waals surface area contributed by atoms with Crippen molar-refractivity contribution in [3.8, 4) is 0 Å². The lowest BCUT2D eigenvalue weighted by Crippen LogP contribution is -3.12. The summed E-state index contributed by atoms with van der Waals surface area (Å²) in [4.78, 5) is 13.9. The highest BCUT2D eigenvalue weighted by Crippen LogP contribution is 2.19. The van der Waals surface area contributed by atoms with Crippen LogP contribution in [0.2, 0.25) is 0 Å². The number of sulfonamides is 1. The van der Waals surface area contributed by atoms with Crippen LogP contribution < -0.4 is 15.0 Å². The van der Waals surface area contributed by atoms with E-state index >= 15 is 0 Å². The van der Waals surface area contributed by atoms with Gasteiger partial charge in [0, 0.05) is 5.56 Å². The second-order valence-electron chi connectivity index (χ2n) is 6.83. The summed E-state index contributed by atoms with van der Waals surface area (Å²) in [6.07, 6.45) is 0. The topological polar surface area (TPSA) is 82.9 Å². The van der Waals surface area contributed by atoms with Gasteiger partial charge in [0.2, 0.25) is 0 Å². The monoisotopic (exact) mass is 389 g/mol. The number of para-hydroxylation sites is 1. The Bertz CT molecular complexity index is 905. The van der Waals surface area contributed by atoms with Crippen molar-refractivity contribution in [1.29, 1.82) is 0 Å². The van der Waals surface area contributed by atoms with Gasteiger partial charge in [-0.2, -0.15) is 0 Å². The number of likely N-dealkylation sites (N-methyl/N-ethyl adjacent to an activating group) is 1. The third kappa shape index (κ3) is 4.85. The molecule has 0 aromatic heterocycles. The van der Waals surface area contributed by atoms with Gasteiger partial charge in [-0.3, -0.25) is 14.9 Å². The van der Waals surface area contributed by atoms with E-state index in [9.17, 15) is 13.2 Å². The zero-order valence-electron chi connectivity index (χ0n) is 15.5. The zero-order chi connectivity index (χ0) is 19.4. The summed E-state index contributed by atoms with van der Waals surface area (Å²) in [7, 11) is -1.58. The number of piperazine rings is 1. The number of anilines is 1. The highest BCUT2D eigenvalue weighted by atomic mass is 32.2. The van der Waals surface area contributed by atoms with Crippen LogP contribution in [0.5, 0.6) is 0 Å². The van der Waals surface area contributed by atoms with Gasteiger partial charge in [-0.1, -0.05) is 18.2 Å². The summed E-state index contributed by atoms with van der Waals surface area (Å²) in [5.74, 6) is -0.231. The zero-order valence-corrected chi connectivity index (χ0v) is 16.3. The molecular weight excluding hydrogens is 364 g/mol. The summed E-state index contributed by atoms with van der Waals surface area (Å²) >= 11 is 0. The number of carbonyl (C=O) groups is 1. The van der Waals surface area contributed by atoms with Crippen molar-refractivity contribution in [3.05, 3.63) is 59.7 Å². The number of amides is 1. The summed E-state index contributed by atoms with van der Waals surface area (Å²) in [6.45, 7) is 5.38. The molecule has 2 aromatic rings. The van der Waals surface area contributed by atoms with Gasteiger partial charge in [-0.15, -0.1) is 0 Å². The second-order valence-corrected chi connectivity index (χ2v) is 8.51. The number of quaternary nitrogens is 1. The molecule has 7 nitrogen and oxygen atoms in total. The average Bonchev–Trinajstić information content (AvgIpc) is 2.65. The number of hydrogen-bond donors (Lipinski definition) is 3. The number of benzene rings is 2. The van der Waals surface area contributed by atoms with Crippen LogP contribution in [0, 0.1) is 6.92 Å². The van der Waals surface area contributed by atoms with E-state index in [2.05, 4.69) is 17.2 Å². The number of carbonyl (C=O) groups excluding carboxylic acids is 1. The molecule has 0 saturated carbocycles. The molecule has 1 aliphatic heterocycles. The predicted molar refractivity (Wildman–Crippen MR) is 104 cm³/mol. The largest absolute Gasteiger partial charge is 0.335 e. The molecule has 144 valence electrons. The van der Waals surface area contributed by atoms with Gasteiger partial charge < -0.3 is 4.90 Å². The standard InChI is InChI=1S/C19H24N4O3S/c1-15-5-3-4-6-18(15)21-27(25,26)17-9-7-16(8-10-17)19(24)20-23-13-11-22(2)12-14-23/h3-10,21H,11-14H2,1-2H3,(H,20,24)/p+1. The van der Waals surface area contributed by atoms with Crippen LogP contribution in [-0.2, 0) is 10.0 Å². The molecule has 1 heterocycles. The van der Waals surface area contributed by atoms with Crippen LogP contribution in [0.4, 0.5) is 5.69 Å². The van der Waals surface area contributed by atoms with Gasteiger partial charge >= 0.3 is 0 Å². The van der Waals surface area contributed by atoms with Crippen molar-refractivity contribution >= 4 is 21.6 Å². The number of hydrogen-bond acceptors (Lipinski definition) is 4. The van der Waals surface area contributed by atoms with E-state index in [0.29, 0.717) is 11.3 Å². The highest BCUT2D eigenvalue weighted by Gasteiger charge is 2.20. The van der Waals surface area contributed by atoms with Crippen LogP contribution in [0.25, 0.3) is 0 Å². The first-order chi connectivity index (χ1) is 12.8. The maximum atomic E-state index is 12.6. The number of aryl methyl sites for hydroxylation is 1. The van der Waals surface area contributed by atoms with Crippen molar-refractivity contribution < 1.29 is 18.1 Å². The van der Waals surface area contributed by atoms with Crippen molar-refractivity contribution in [2.24, 2.45) is 0 Å². The Morgan fingerprint density at radius 3 is 2.30 bits per heavy atom. The highest BCUT2D eigenvalue weighted by molar-refractivity contribution is 7.92. The normalized spacial score (nSPS) is 16.1. The minimum atomic E-state index is -3.71. The van der Waals surface area contributed by atoms with Crippen molar-refractivity contribution in [2.75, 3.05) is 37.9 Å². The fraction of sp³-hybridized carbons (Fsp3) is 0.316. The third-order valence-corrected chi connectivity index (χ3v) is 6.07. The number of hydrazine groups is 1. The molecule has 3 N–H and O–H groups in total. The molecule has 1 fully saturated rings. The van der Waals surface area contributed by atoms with Crippen LogP contribution in [0.3, 0.4) is 0 Å². The molecule has 27 heavy (non-hydrogen) atoms. The van der Waals surface area contributed by atoms with E-state index in [1.165, 1.54) is 29.2 Å². The lowest BCUT2D eigenvalue weighted by molar-refractivity contribution is -0.884. The SMILES string of the molecule is Cc1ccccc1NS(=O)(=O)c1ccc(C(=O)NN2CC[NH+](C)CC2)cc1. The Hall–Kier alpha value is -2.42. The quantitative estimate of drug-likeness (QED) is 0.686. The Balaban J connectivity index is 1.67. The number of nitrogens with zero attached hydrogens (tertiary/aromatic N) is 1. The Morgan fingerprint density at radius 1 is 1.04 bits per heavy atom. The lowest BCUT2D eigenvalue weighted by atomic mass is 10.2. The number of nitrogens with one attached hydrogen (secondary N) is 3. The van der Waals surface area contributed by atoms with E-state index in [4.69, 9.17) is 0 Å². The molecule has 3 rings (SSSR count). The van der Waals surface area contributed by atoms with E-state index in [1.807, 2.05) is 24.1 Å². The first-order valence-electron chi connectivity index (χ1n) is 8.91. The predicted octanol–water partition coefficient (Wildman–Crippen LogP) is 0.271. The Morgan fingerprint density at radius 2 is 1.67 bits per heavy atom. The number of rotatable bonds is 5. The molecule has 1 saturated heterocycles. The van der Waals surface area contributed by atoms with Crippen molar-refractivity contribution in [1.82, 2.24) is 10.4 Å². The van der Waals surface area contributed by atoms with Crippen LogP contribution in [0.1, 0.15) is 15.9 Å². The van der Waals surface area contributed by atoms with Crippen LogP contribution >= 0.6 is 0 Å². The van der Waals surface area contributed by atoms with Gasteiger partial charge in [0.1, 0.15) is 0 Å². The smallest absolute Gasteiger partial charge is 0.265 e. The Kier molecular flexibility index (Phi) is 5.79. The van der Waals surface area contributed by atoms with Gasteiger partial charge in [0.25, 0.3) is 15.9 Å². The maximum absolute atomic E-state index is 12.6. The molecule has 0 atom stereocenters. The molecule has 1 aliphatic rings. The third-order valence-electron chi connectivity index (χ3n) is 4.69. The molecule has 1 amide bonds. The van der Waals surface area contributed by atoms with Gasteiger partial charge in [0.05, 0.1) is 43.8 Å². The molecule has 0 spiro atoms. The molecule has 0 aliphatic carbocycles. The molecule has 0 radical (unpaired) electrons. The maximum Gasteiger partial charge on any atom is 0.265 e. The molecular formula is C19H25N4O3S+. The van der Waals surface area contributed by atoms with Crippen molar-refractivity contribution in [3.63, 3.8) is 0 Å². The van der Waals surface area contributed by atoms with E-state index < -0.39 is 10.0 Å². The van der Waals surface area contributed by atoms with Gasteiger partial charge in [-0.05, 0) is 42.8 Å². The van der Waals surface area contributed by atoms with Gasteiger partial charge in [-0.25, -0.2) is 13.4 Å². The van der Waals surface area contributed by atoms with Crippen LogP contribution in [0.15, 0.2) is 53.4 Å². The van der Waals surface area contributed by atoms with Gasteiger partial charge in [0.15, 0.2) is 0 Å². The summed E-state index contributed by atoms with van der Waals surface area (Å²) in [5.41, 5.74) is 4.68. The summed E-state index contributed by atoms with van der Waals surface area (Å²) in [6, 6.07) is 13.1. The summed E-state index contributed by atoms with van der Waals surface area (Å²) in [5, 5.41) is 1.90. The fourth-order valence-corrected chi connectivity index (χ4v) is 4.02. The molecule has 8 heteroatoms. The first-order valence-corrected chi connectivity index (χ1v) is 10.4. The second kappa shape index (κ2) is 8.08.